The maximum atomic E-state index is 5.28. The lowest BCUT2D eigenvalue weighted by Crippen LogP contribution is -2.33. The number of hydrogen-bond acceptors (Lipinski definition) is 3. The average molecular weight is 232 g/mol. The third-order valence-electron chi connectivity index (χ3n) is 4.08. The Morgan fingerprint density at radius 1 is 1.41 bits per heavy atom. The molecule has 2 atom stereocenters. The van der Waals surface area contributed by atoms with E-state index >= 15 is 0 Å². The highest BCUT2D eigenvalue weighted by Gasteiger charge is 2.37. The molecule has 0 bridgehead atoms. The van der Waals surface area contributed by atoms with Crippen LogP contribution in [0.25, 0.3) is 0 Å². The number of ether oxygens (including phenoxy) is 1. The van der Waals surface area contributed by atoms with Crippen molar-refractivity contribution in [3.05, 3.63) is 29.8 Å². The number of nitrogens with zero attached hydrogens (tertiary/aromatic N) is 1. The van der Waals surface area contributed by atoms with E-state index in [9.17, 15) is 0 Å². The molecule has 0 unspecified atom stereocenters. The van der Waals surface area contributed by atoms with Gasteiger partial charge in [0.25, 0.3) is 0 Å². The fraction of sp³-hybridized carbons (Fsp3) is 0.571. The molecule has 1 aromatic rings. The average Bonchev–Trinajstić information content (AvgIpc) is 2.94. The summed E-state index contributed by atoms with van der Waals surface area (Å²) in [5.41, 5.74) is 1.36. The zero-order valence-electron chi connectivity index (χ0n) is 10.4. The summed E-state index contributed by atoms with van der Waals surface area (Å²) in [6.07, 6.45) is 1.35. The highest BCUT2D eigenvalue weighted by Crippen LogP contribution is 2.28. The molecule has 2 fully saturated rings. The summed E-state index contributed by atoms with van der Waals surface area (Å²) in [6, 6.07) is 9.18. The van der Waals surface area contributed by atoms with E-state index in [4.69, 9.17) is 4.74 Å². The first kappa shape index (κ1) is 11.1. The second-order valence-corrected chi connectivity index (χ2v) is 5.10. The second kappa shape index (κ2) is 4.67. The zero-order chi connectivity index (χ0) is 11.7. The number of nitrogens with one attached hydrogen (secondary N) is 1. The molecule has 2 saturated heterocycles. The van der Waals surface area contributed by atoms with E-state index in [1.165, 1.54) is 25.1 Å². The van der Waals surface area contributed by atoms with E-state index in [0.717, 1.165) is 30.8 Å². The van der Waals surface area contributed by atoms with Crippen molar-refractivity contribution in [3.8, 4) is 5.75 Å². The molecule has 1 N–H and O–H groups in total. The van der Waals surface area contributed by atoms with Gasteiger partial charge in [0, 0.05) is 19.1 Å². The first-order chi connectivity index (χ1) is 8.36. The predicted octanol–water partition coefficient (Wildman–Crippen LogP) is 1.49. The molecule has 2 aliphatic rings. The van der Waals surface area contributed by atoms with Gasteiger partial charge in [-0.05, 0) is 43.1 Å². The summed E-state index contributed by atoms with van der Waals surface area (Å²) >= 11 is 0. The summed E-state index contributed by atoms with van der Waals surface area (Å²) < 4.78 is 5.28. The summed E-state index contributed by atoms with van der Waals surface area (Å²) in [4.78, 5) is 2.61. The van der Waals surface area contributed by atoms with Crippen molar-refractivity contribution < 1.29 is 4.74 Å². The lowest BCUT2D eigenvalue weighted by molar-refractivity contribution is 0.243. The number of hydrogen-bond donors (Lipinski definition) is 1. The largest absolute Gasteiger partial charge is 0.497 e. The predicted molar refractivity (Wildman–Crippen MR) is 68.2 cm³/mol. The van der Waals surface area contributed by atoms with E-state index in [0.29, 0.717) is 0 Å². The van der Waals surface area contributed by atoms with Crippen LogP contribution in [0.1, 0.15) is 12.0 Å². The van der Waals surface area contributed by atoms with Gasteiger partial charge in [-0.1, -0.05) is 12.1 Å². The standard InChI is InChI=1S/C14H20N2O/c1-17-13-4-2-3-11(7-13)10-16-6-5-12-8-15-9-14(12)16/h2-4,7,12,14-15H,5-6,8-10H2,1H3/t12-,14+/m1/s1. The summed E-state index contributed by atoms with van der Waals surface area (Å²) in [7, 11) is 1.73. The van der Waals surface area contributed by atoms with E-state index < -0.39 is 0 Å². The maximum absolute atomic E-state index is 5.28. The Kier molecular flexibility index (Phi) is 3.04. The summed E-state index contributed by atoms with van der Waals surface area (Å²) in [5, 5.41) is 3.50. The van der Waals surface area contributed by atoms with Crippen LogP contribution in [0.2, 0.25) is 0 Å². The number of likely N-dealkylation sites (tertiary alicyclic amines) is 1. The normalized spacial score (nSPS) is 28.3. The van der Waals surface area contributed by atoms with Crippen LogP contribution in [0.3, 0.4) is 0 Å². The van der Waals surface area contributed by atoms with Gasteiger partial charge in [0.15, 0.2) is 0 Å². The third kappa shape index (κ3) is 2.17. The maximum Gasteiger partial charge on any atom is 0.119 e. The molecule has 0 radical (unpaired) electrons. The number of rotatable bonds is 3. The highest BCUT2D eigenvalue weighted by atomic mass is 16.5. The Morgan fingerprint density at radius 2 is 2.35 bits per heavy atom. The van der Waals surface area contributed by atoms with Gasteiger partial charge in [0.2, 0.25) is 0 Å². The summed E-state index contributed by atoms with van der Waals surface area (Å²) in [5.74, 6) is 1.84. The highest BCUT2D eigenvalue weighted by molar-refractivity contribution is 5.28. The third-order valence-corrected chi connectivity index (χ3v) is 4.08. The molecule has 3 nitrogen and oxygen atoms in total. The fourth-order valence-corrected chi connectivity index (χ4v) is 3.14. The lowest BCUT2D eigenvalue weighted by Gasteiger charge is -2.23. The Balaban J connectivity index is 1.70. The molecule has 3 heteroatoms. The molecule has 0 aromatic heterocycles. The molecule has 0 aliphatic carbocycles. The van der Waals surface area contributed by atoms with Gasteiger partial charge in [0.1, 0.15) is 5.75 Å². The van der Waals surface area contributed by atoms with E-state index in [2.05, 4.69) is 28.4 Å². The van der Waals surface area contributed by atoms with Gasteiger partial charge in [-0.25, -0.2) is 0 Å². The lowest BCUT2D eigenvalue weighted by atomic mass is 10.0. The van der Waals surface area contributed by atoms with Crippen molar-refractivity contribution in [2.75, 3.05) is 26.7 Å². The van der Waals surface area contributed by atoms with Crippen LogP contribution in [0.4, 0.5) is 0 Å². The quantitative estimate of drug-likeness (QED) is 0.854. The zero-order valence-corrected chi connectivity index (χ0v) is 10.4. The minimum atomic E-state index is 0.751. The number of methoxy groups -OCH3 is 1. The van der Waals surface area contributed by atoms with Crippen LogP contribution in [0.5, 0.6) is 5.75 Å². The molecular weight excluding hydrogens is 212 g/mol. The smallest absolute Gasteiger partial charge is 0.119 e. The van der Waals surface area contributed by atoms with Crippen LogP contribution < -0.4 is 10.1 Å². The van der Waals surface area contributed by atoms with Gasteiger partial charge in [-0.15, -0.1) is 0 Å². The van der Waals surface area contributed by atoms with Gasteiger partial charge in [-0.2, -0.15) is 0 Å². The molecule has 0 saturated carbocycles. The van der Waals surface area contributed by atoms with E-state index in [-0.39, 0.29) is 0 Å². The van der Waals surface area contributed by atoms with Crippen molar-refractivity contribution in [2.45, 2.75) is 19.0 Å². The first-order valence-corrected chi connectivity index (χ1v) is 6.44. The van der Waals surface area contributed by atoms with Crippen LogP contribution in [-0.2, 0) is 6.54 Å². The number of benzene rings is 1. The van der Waals surface area contributed by atoms with Gasteiger partial charge < -0.3 is 10.1 Å². The van der Waals surface area contributed by atoms with Crippen molar-refractivity contribution in [3.63, 3.8) is 0 Å². The molecule has 0 amide bonds. The minimum Gasteiger partial charge on any atom is -0.497 e. The van der Waals surface area contributed by atoms with Gasteiger partial charge >= 0.3 is 0 Å². The fourth-order valence-electron chi connectivity index (χ4n) is 3.14. The molecule has 2 aliphatic heterocycles. The molecule has 17 heavy (non-hydrogen) atoms. The van der Waals surface area contributed by atoms with Crippen molar-refractivity contribution in [1.29, 1.82) is 0 Å². The topological polar surface area (TPSA) is 24.5 Å². The van der Waals surface area contributed by atoms with Crippen molar-refractivity contribution in [2.24, 2.45) is 5.92 Å². The monoisotopic (exact) mass is 232 g/mol. The van der Waals surface area contributed by atoms with Gasteiger partial charge in [0.05, 0.1) is 7.11 Å². The number of fused-ring (bicyclic) bond motifs is 1. The first-order valence-electron chi connectivity index (χ1n) is 6.44. The van der Waals surface area contributed by atoms with Crippen molar-refractivity contribution in [1.82, 2.24) is 10.2 Å². The SMILES string of the molecule is COc1cccc(CN2CC[C@@H]3CNC[C@@H]32)c1. The van der Waals surface area contributed by atoms with Crippen LogP contribution >= 0.6 is 0 Å². The Morgan fingerprint density at radius 3 is 3.24 bits per heavy atom. The minimum absolute atomic E-state index is 0.751. The summed E-state index contributed by atoms with van der Waals surface area (Å²) in [6.45, 7) is 4.67. The van der Waals surface area contributed by atoms with Crippen LogP contribution in [0, 0.1) is 5.92 Å². The van der Waals surface area contributed by atoms with Crippen LogP contribution in [-0.4, -0.2) is 37.7 Å². The molecule has 2 heterocycles. The molecule has 92 valence electrons. The molecular formula is C14H20N2O. The molecule has 3 rings (SSSR count). The molecule has 1 aromatic carbocycles. The van der Waals surface area contributed by atoms with E-state index in [1.807, 2.05) is 6.07 Å². The van der Waals surface area contributed by atoms with Gasteiger partial charge in [-0.3, -0.25) is 4.90 Å². The Bertz CT molecular complexity index is 394. The van der Waals surface area contributed by atoms with E-state index in [1.54, 1.807) is 7.11 Å². The Hall–Kier alpha value is -1.06. The van der Waals surface area contributed by atoms with Crippen LogP contribution in [0.15, 0.2) is 24.3 Å². The molecule has 0 spiro atoms. The second-order valence-electron chi connectivity index (χ2n) is 5.10. The Labute approximate surface area is 103 Å². The van der Waals surface area contributed by atoms with Crippen molar-refractivity contribution >= 4 is 0 Å².